The zero-order chi connectivity index (χ0) is 12.8. The number of nitrogens with zero attached hydrogens (tertiary/aromatic N) is 3. The maximum atomic E-state index is 5.94. The van der Waals surface area contributed by atoms with Gasteiger partial charge in [0.05, 0.1) is 6.34 Å². The molecule has 3 aliphatic carbocycles. The first-order chi connectivity index (χ1) is 7.89. The van der Waals surface area contributed by atoms with Gasteiger partial charge in [0.2, 0.25) is 5.29 Å². The van der Waals surface area contributed by atoms with E-state index in [4.69, 9.17) is 11.6 Å². The fourth-order valence-corrected chi connectivity index (χ4v) is 3.77. The van der Waals surface area contributed by atoms with E-state index < -0.39 is 0 Å². The lowest BCUT2D eigenvalue weighted by Crippen LogP contribution is -2.79. The molecule has 3 fully saturated rings. The van der Waals surface area contributed by atoms with Crippen LogP contribution in [-0.4, -0.2) is 35.2 Å². The van der Waals surface area contributed by atoms with E-state index >= 15 is 0 Å². The molecule has 0 N–H and O–H groups in total. The summed E-state index contributed by atoms with van der Waals surface area (Å²) in [7, 11) is 2.10. The normalized spacial score (nSPS) is 40.4. The molecule has 0 heterocycles. The Balaban J connectivity index is 1.98. The van der Waals surface area contributed by atoms with Gasteiger partial charge < -0.3 is 4.90 Å². The summed E-state index contributed by atoms with van der Waals surface area (Å²) in [5, 5.41) is 0.346. The molecular formula is C13H22ClN3. The van der Waals surface area contributed by atoms with E-state index in [1.165, 1.54) is 6.42 Å². The Labute approximate surface area is 109 Å². The lowest BCUT2D eigenvalue weighted by Gasteiger charge is -2.75. The van der Waals surface area contributed by atoms with Crippen LogP contribution in [0.25, 0.3) is 0 Å². The number of rotatable bonds is 3. The first kappa shape index (κ1) is 12.9. The minimum absolute atomic E-state index is 0.192. The highest BCUT2D eigenvalue weighted by Crippen LogP contribution is 2.68. The molecule has 0 aromatic heterocycles. The molecule has 0 aromatic rings. The summed E-state index contributed by atoms with van der Waals surface area (Å²) < 4.78 is 0. The maximum absolute atomic E-state index is 5.94. The molecule has 4 heteroatoms. The number of aliphatic imine (C=N–C) groups is 2. The summed E-state index contributed by atoms with van der Waals surface area (Å²) in [6, 6.07) is 0.192. The summed E-state index contributed by atoms with van der Waals surface area (Å²) in [6.07, 6.45) is 3.15. The predicted octanol–water partition coefficient (Wildman–Crippen LogP) is 2.99. The van der Waals surface area contributed by atoms with Crippen LogP contribution in [0.15, 0.2) is 9.98 Å². The molecule has 3 rings (SSSR count). The second kappa shape index (κ2) is 4.27. The van der Waals surface area contributed by atoms with Crippen molar-refractivity contribution in [3.63, 3.8) is 0 Å². The fraction of sp³-hybridized carbons (Fsp3) is 0.846. The van der Waals surface area contributed by atoms with Gasteiger partial charge in [-0.05, 0) is 49.6 Å². The van der Waals surface area contributed by atoms with E-state index in [1.807, 2.05) is 20.2 Å². The molecule has 3 aliphatic rings. The van der Waals surface area contributed by atoms with Gasteiger partial charge in [-0.15, -0.1) is 0 Å². The number of hydrogen-bond donors (Lipinski definition) is 0. The third kappa shape index (κ3) is 1.79. The molecule has 2 bridgehead atoms. The third-order valence-electron chi connectivity index (χ3n) is 4.78. The highest BCUT2D eigenvalue weighted by Gasteiger charge is 2.70. The van der Waals surface area contributed by atoms with Crippen molar-refractivity contribution < 1.29 is 0 Å². The Hall–Kier alpha value is -0.570. The molecule has 0 saturated heterocycles. The zero-order valence-corrected chi connectivity index (χ0v) is 12.1. The quantitative estimate of drug-likeness (QED) is 0.433. The van der Waals surface area contributed by atoms with E-state index in [-0.39, 0.29) is 6.04 Å². The van der Waals surface area contributed by atoms with Gasteiger partial charge in [0.15, 0.2) is 0 Å². The van der Waals surface area contributed by atoms with Crippen molar-refractivity contribution in [2.24, 2.45) is 27.7 Å². The van der Waals surface area contributed by atoms with Gasteiger partial charge in [0.25, 0.3) is 0 Å². The summed E-state index contributed by atoms with van der Waals surface area (Å²) in [5.41, 5.74) is 0.336. The maximum Gasteiger partial charge on any atom is 0.219 e. The minimum Gasteiger partial charge on any atom is -0.359 e. The molecular weight excluding hydrogens is 234 g/mol. The van der Waals surface area contributed by atoms with E-state index in [9.17, 15) is 0 Å². The van der Waals surface area contributed by atoms with Crippen molar-refractivity contribution in [3.8, 4) is 0 Å². The molecule has 2 atom stereocenters. The number of amidine groups is 1. The largest absolute Gasteiger partial charge is 0.359 e. The predicted molar refractivity (Wildman–Crippen MR) is 73.8 cm³/mol. The standard InChI is InChI=1S/C13H22ClN3/c1-8(2)16-12(14)15-7-17(5)13-6-11(9(13)3)10(13)4/h7-11H,6H2,1-5H3/t9-,10-,11?,13?/m1/s1. The third-order valence-corrected chi connectivity index (χ3v) is 4.98. The summed E-state index contributed by atoms with van der Waals surface area (Å²) in [5.74, 6) is 2.50. The van der Waals surface area contributed by atoms with Crippen molar-refractivity contribution in [3.05, 3.63) is 0 Å². The molecule has 0 radical (unpaired) electrons. The SMILES string of the molecule is CC(C)N=C(Cl)N=CN(C)C12CC([C@H]1C)[C@H]2C. The Bertz CT molecular complexity index is 352. The van der Waals surface area contributed by atoms with Crippen LogP contribution in [0.5, 0.6) is 0 Å². The van der Waals surface area contributed by atoms with Crippen LogP contribution in [0.3, 0.4) is 0 Å². The summed E-state index contributed by atoms with van der Waals surface area (Å²) in [4.78, 5) is 10.6. The molecule has 3 nitrogen and oxygen atoms in total. The Morgan fingerprint density at radius 2 is 2.00 bits per heavy atom. The van der Waals surface area contributed by atoms with Crippen LogP contribution in [0.2, 0.25) is 0 Å². The van der Waals surface area contributed by atoms with Crippen molar-refractivity contribution in [2.75, 3.05) is 7.05 Å². The van der Waals surface area contributed by atoms with Gasteiger partial charge >= 0.3 is 0 Å². The number of hydrogen-bond acceptors (Lipinski definition) is 1. The Kier molecular flexibility index (Phi) is 3.23. The van der Waals surface area contributed by atoms with Gasteiger partial charge in [0, 0.05) is 18.6 Å². The average Bonchev–Trinajstić information content (AvgIpc) is 2.22. The van der Waals surface area contributed by atoms with E-state index in [0.717, 1.165) is 17.8 Å². The van der Waals surface area contributed by atoms with Crippen molar-refractivity contribution in [1.82, 2.24) is 4.90 Å². The lowest BCUT2D eigenvalue weighted by atomic mass is 9.36. The minimum atomic E-state index is 0.192. The van der Waals surface area contributed by atoms with Crippen LogP contribution in [0, 0.1) is 17.8 Å². The molecule has 0 aliphatic heterocycles. The molecule has 0 aromatic carbocycles. The lowest BCUT2D eigenvalue weighted by molar-refractivity contribution is -0.228. The van der Waals surface area contributed by atoms with Gasteiger partial charge in [-0.25, -0.2) is 4.99 Å². The number of halogens is 1. The van der Waals surface area contributed by atoms with Crippen LogP contribution < -0.4 is 0 Å². The molecule has 3 saturated carbocycles. The molecule has 0 amide bonds. The zero-order valence-electron chi connectivity index (χ0n) is 11.3. The summed E-state index contributed by atoms with van der Waals surface area (Å²) in [6.45, 7) is 8.66. The van der Waals surface area contributed by atoms with E-state index in [0.29, 0.717) is 10.8 Å². The van der Waals surface area contributed by atoms with Crippen LogP contribution in [-0.2, 0) is 0 Å². The van der Waals surface area contributed by atoms with Gasteiger partial charge in [-0.2, -0.15) is 0 Å². The molecule has 0 spiro atoms. The summed E-state index contributed by atoms with van der Waals surface area (Å²) >= 11 is 5.94. The Morgan fingerprint density at radius 3 is 2.41 bits per heavy atom. The second-order valence-electron chi connectivity index (χ2n) is 5.78. The van der Waals surface area contributed by atoms with Crippen molar-refractivity contribution >= 4 is 23.2 Å². The fourth-order valence-electron chi connectivity index (χ4n) is 3.53. The van der Waals surface area contributed by atoms with Crippen molar-refractivity contribution in [2.45, 2.75) is 45.7 Å². The van der Waals surface area contributed by atoms with Crippen LogP contribution >= 0.6 is 11.6 Å². The Morgan fingerprint density at radius 1 is 1.41 bits per heavy atom. The smallest absolute Gasteiger partial charge is 0.219 e. The van der Waals surface area contributed by atoms with Crippen molar-refractivity contribution in [1.29, 1.82) is 0 Å². The van der Waals surface area contributed by atoms with Gasteiger partial charge in [-0.3, -0.25) is 4.99 Å². The van der Waals surface area contributed by atoms with E-state index in [1.54, 1.807) is 0 Å². The monoisotopic (exact) mass is 255 g/mol. The van der Waals surface area contributed by atoms with E-state index in [2.05, 4.69) is 35.8 Å². The van der Waals surface area contributed by atoms with Gasteiger partial charge in [0.1, 0.15) is 0 Å². The highest BCUT2D eigenvalue weighted by atomic mass is 35.5. The second-order valence-corrected chi connectivity index (χ2v) is 6.12. The topological polar surface area (TPSA) is 28.0 Å². The van der Waals surface area contributed by atoms with Crippen LogP contribution in [0.1, 0.15) is 34.1 Å². The first-order valence-corrected chi connectivity index (χ1v) is 6.77. The first-order valence-electron chi connectivity index (χ1n) is 6.40. The molecule has 0 unspecified atom stereocenters. The van der Waals surface area contributed by atoms with Crippen LogP contribution in [0.4, 0.5) is 0 Å². The molecule has 17 heavy (non-hydrogen) atoms. The highest BCUT2D eigenvalue weighted by molar-refractivity contribution is 6.65. The van der Waals surface area contributed by atoms with Gasteiger partial charge in [-0.1, -0.05) is 13.8 Å². The average molecular weight is 256 g/mol. The molecule has 96 valence electrons.